The van der Waals surface area contributed by atoms with Crippen LogP contribution >= 0.6 is 24.2 Å². The summed E-state index contributed by atoms with van der Waals surface area (Å²) in [7, 11) is 0. The molecule has 1 saturated heterocycles. The number of amides is 1. The van der Waals surface area contributed by atoms with E-state index in [-0.39, 0.29) is 18.3 Å². The van der Waals surface area contributed by atoms with Crippen molar-refractivity contribution >= 4 is 30.1 Å². The van der Waals surface area contributed by atoms with Gasteiger partial charge >= 0.3 is 0 Å². The fourth-order valence-electron chi connectivity index (χ4n) is 2.35. The summed E-state index contributed by atoms with van der Waals surface area (Å²) < 4.78 is 0. The van der Waals surface area contributed by atoms with E-state index in [0.29, 0.717) is 11.8 Å². The smallest absolute Gasteiger partial charge is 0.232 e. The standard InChI is InChI=1S/C15H22N2OS.ClH/c1-12-4-3-5-14(8-12)10-19-11-15(18)17-7-6-16-9-13(17)2;/h3-5,8,13,16H,6-7,9-11H2,1-2H3;1H. The lowest BCUT2D eigenvalue weighted by Crippen LogP contribution is -2.52. The molecule has 112 valence electrons. The highest BCUT2D eigenvalue weighted by Crippen LogP contribution is 2.15. The summed E-state index contributed by atoms with van der Waals surface area (Å²) in [6, 6.07) is 8.80. The highest BCUT2D eigenvalue weighted by atomic mass is 35.5. The highest BCUT2D eigenvalue weighted by molar-refractivity contribution is 7.99. The largest absolute Gasteiger partial charge is 0.337 e. The number of rotatable bonds is 4. The van der Waals surface area contributed by atoms with E-state index in [1.165, 1.54) is 11.1 Å². The van der Waals surface area contributed by atoms with Crippen LogP contribution in [0.25, 0.3) is 0 Å². The topological polar surface area (TPSA) is 32.3 Å². The van der Waals surface area contributed by atoms with Crippen LogP contribution in [0.2, 0.25) is 0 Å². The quantitative estimate of drug-likeness (QED) is 0.926. The van der Waals surface area contributed by atoms with Crippen molar-refractivity contribution < 1.29 is 4.79 Å². The van der Waals surface area contributed by atoms with Crippen molar-refractivity contribution in [3.05, 3.63) is 35.4 Å². The maximum Gasteiger partial charge on any atom is 0.232 e. The summed E-state index contributed by atoms with van der Waals surface area (Å²) >= 11 is 1.71. The Morgan fingerprint density at radius 2 is 2.30 bits per heavy atom. The van der Waals surface area contributed by atoms with Gasteiger partial charge in [0, 0.05) is 31.4 Å². The number of halogens is 1. The molecule has 1 unspecified atom stereocenters. The molecule has 1 N–H and O–H groups in total. The van der Waals surface area contributed by atoms with Gasteiger partial charge in [0.15, 0.2) is 0 Å². The molecule has 1 aliphatic rings. The molecular formula is C15H23ClN2OS. The van der Waals surface area contributed by atoms with Crippen LogP contribution in [0.3, 0.4) is 0 Å². The van der Waals surface area contributed by atoms with Crippen molar-refractivity contribution in [2.45, 2.75) is 25.6 Å². The Morgan fingerprint density at radius 3 is 3.00 bits per heavy atom. The Kier molecular flexibility index (Phi) is 7.41. The number of carbonyl (C=O) groups is 1. The minimum Gasteiger partial charge on any atom is -0.337 e. The van der Waals surface area contributed by atoms with Crippen LogP contribution < -0.4 is 5.32 Å². The summed E-state index contributed by atoms with van der Waals surface area (Å²) in [5, 5.41) is 3.31. The van der Waals surface area contributed by atoms with Gasteiger partial charge in [-0.25, -0.2) is 0 Å². The molecule has 0 aliphatic carbocycles. The molecule has 0 saturated carbocycles. The number of carbonyl (C=O) groups excluding carboxylic acids is 1. The molecule has 0 aromatic heterocycles. The molecule has 1 amide bonds. The maximum atomic E-state index is 12.1. The van der Waals surface area contributed by atoms with Crippen LogP contribution in [0.15, 0.2) is 24.3 Å². The normalized spacial score (nSPS) is 18.5. The van der Waals surface area contributed by atoms with Gasteiger partial charge in [0.2, 0.25) is 5.91 Å². The number of nitrogens with zero attached hydrogens (tertiary/aromatic N) is 1. The highest BCUT2D eigenvalue weighted by Gasteiger charge is 2.22. The number of piperazine rings is 1. The van der Waals surface area contributed by atoms with E-state index in [1.54, 1.807) is 11.8 Å². The lowest BCUT2D eigenvalue weighted by molar-refractivity contribution is -0.131. The van der Waals surface area contributed by atoms with E-state index in [9.17, 15) is 4.79 Å². The van der Waals surface area contributed by atoms with E-state index in [4.69, 9.17) is 0 Å². The minimum absolute atomic E-state index is 0. The fourth-order valence-corrected chi connectivity index (χ4v) is 3.21. The van der Waals surface area contributed by atoms with Gasteiger partial charge in [-0.3, -0.25) is 4.79 Å². The maximum absolute atomic E-state index is 12.1. The van der Waals surface area contributed by atoms with Crippen molar-refractivity contribution in [2.75, 3.05) is 25.4 Å². The number of aryl methyl sites for hydroxylation is 1. The Balaban J connectivity index is 0.00000200. The first-order valence-electron chi connectivity index (χ1n) is 6.80. The first kappa shape index (κ1) is 17.3. The monoisotopic (exact) mass is 314 g/mol. The van der Waals surface area contributed by atoms with Crippen molar-refractivity contribution in [1.29, 1.82) is 0 Å². The van der Waals surface area contributed by atoms with Crippen LogP contribution in [0.4, 0.5) is 0 Å². The number of hydrogen-bond acceptors (Lipinski definition) is 3. The van der Waals surface area contributed by atoms with E-state index < -0.39 is 0 Å². The Labute approximate surface area is 131 Å². The lowest BCUT2D eigenvalue weighted by Gasteiger charge is -2.34. The molecule has 3 nitrogen and oxygen atoms in total. The Hall–Kier alpha value is -0.710. The summed E-state index contributed by atoms with van der Waals surface area (Å²) in [5.41, 5.74) is 2.58. The zero-order valence-electron chi connectivity index (χ0n) is 12.1. The predicted octanol–water partition coefficient (Wildman–Crippen LogP) is 2.47. The van der Waals surface area contributed by atoms with Gasteiger partial charge in [0.05, 0.1) is 5.75 Å². The number of hydrogen-bond donors (Lipinski definition) is 1. The van der Waals surface area contributed by atoms with Crippen molar-refractivity contribution in [3.8, 4) is 0 Å². The first-order valence-corrected chi connectivity index (χ1v) is 7.96. The van der Waals surface area contributed by atoms with E-state index in [0.717, 1.165) is 25.4 Å². The van der Waals surface area contributed by atoms with Crippen LogP contribution in [-0.4, -0.2) is 42.2 Å². The molecule has 1 fully saturated rings. The predicted molar refractivity (Wildman–Crippen MR) is 88.6 cm³/mol. The van der Waals surface area contributed by atoms with Crippen molar-refractivity contribution in [2.24, 2.45) is 0 Å². The zero-order valence-corrected chi connectivity index (χ0v) is 13.7. The molecule has 1 aromatic carbocycles. The minimum atomic E-state index is 0. The van der Waals surface area contributed by atoms with Crippen LogP contribution in [-0.2, 0) is 10.5 Å². The molecule has 1 aliphatic heterocycles. The van der Waals surface area contributed by atoms with Gasteiger partial charge in [-0.1, -0.05) is 29.8 Å². The first-order chi connectivity index (χ1) is 9.16. The third kappa shape index (κ3) is 5.00. The fraction of sp³-hybridized carbons (Fsp3) is 0.533. The number of nitrogens with one attached hydrogen (secondary N) is 1. The van der Waals surface area contributed by atoms with Gasteiger partial charge < -0.3 is 10.2 Å². The molecule has 1 heterocycles. The molecule has 2 rings (SSSR count). The Morgan fingerprint density at radius 1 is 1.50 bits per heavy atom. The molecule has 0 spiro atoms. The van der Waals surface area contributed by atoms with Gasteiger partial charge in [0.1, 0.15) is 0 Å². The average molecular weight is 315 g/mol. The third-order valence-electron chi connectivity index (χ3n) is 3.40. The Bertz CT molecular complexity index is 442. The van der Waals surface area contributed by atoms with E-state index in [2.05, 4.69) is 43.4 Å². The summed E-state index contributed by atoms with van der Waals surface area (Å²) in [4.78, 5) is 14.1. The molecule has 0 radical (unpaired) electrons. The van der Waals surface area contributed by atoms with Crippen LogP contribution in [0.5, 0.6) is 0 Å². The molecule has 1 atom stereocenters. The molecule has 1 aromatic rings. The van der Waals surface area contributed by atoms with Crippen LogP contribution in [0.1, 0.15) is 18.1 Å². The van der Waals surface area contributed by atoms with Crippen molar-refractivity contribution in [3.63, 3.8) is 0 Å². The SMILES string of the molecule is Cc1cccc(CSCC(=O)N2CCNCC2C)c1.Cl. The molecule has 20 heavy (non-hydrogen) atoms. The van der Waals surface area contributed by atoms with Crippen LogP contribution in [0, 0.1) is 6.92 Å². The molecular weight excluding hydrogens is 292 g/mol. The van der Waals surface area contributed by atoms with Gasteiger partial charge in [-0.2, -0.15) is 0 Å². The zero-order chi connectivity index (χ0) is 13.7. The van der Waals surface area contributed by atoms with Gasteiger partial charge in [0.25, 0.3) is 0 Å². The average Bonchev–Trinajstić information content (AvgIpc) is 2.39. The third-order valence-corrected chi connectivity index (χ3v) is 4.39. The number of thioether (sulfide) groups is 1. The van der Waals surface area contributed by atoms with E-state index >= 15 is 0 Å². The summed E-state index contributed by atoms with van der Waals surface area (Å²) in [5.74, 6) is 1.76. The summed E-state index contributed by atoms with van der Waals surface area (Å²) in [6.45, 7) is 6.87. The number of benzene rings is 1. The van der Waals surface area contributed by atoms with E-state index in [1.807, 2.05) is 4.90 Å². The van der Waals surface area contributed by atoms with Crippen molar-refractivity contribution in [1.82, 2.24) is 10.2 Å². The molecule has 5 heteroatoms. The lowest BCUT2D eigenvalue weighted by atomic mass is 10.2. The second-order valence-corrected chi connectivity index (χ2v) is 6.11. The second kappa shape index (κ2) is 8.55. The second-order valence-electron chi connectivity index (χ2n) is 5.12. The molecule has 0 bridgehead atoms. The summed E-state index contributed by atoms with van der Waals surface area (Å²) in [6.07, 6.45) is 0. The van der Waals surface area contributed by atoms with Gasteiger partial charge in [-0.05, 0) is 19.4 Å². The van der Waals surface area contributed by atoms with Gasteiger partial charge in [-0.15, -0.1) is 24.2 Å².